The molecule has 158 valence electrons. The van der Waals surface area contributed by atoms with E-state index in [-0.39, 0.29) is 52.5 Å². The quantitative estimate of drug-likeness (QED) is 0.171. The first-order chi connectivity index (χ1) is 13.2. The van der Waals surface area contributed by atoms with Crippen LogP contribution in [0.1, 0.15) is 25.7 Å². The Morgan fingerprint density at radius 1 is 0.500 bits per heavy atom. The summed E-state index contributed by atoms with van der Waals surface area (Å²) >= 11 is 0. The molecule has 0 spiro atoms. The predicted octanol–water partition coefficient (Wildman–Crippen LogP) is -1.03. The fourth-order valence-corrected chi connectivity index (χ4v) is 1.54. The lowest BCUT2D eigenvalue weighted by atomic mass is 10.2. The van der Waals surface area contributed by atoms with Gasteiger partial charge in [-0.2, -0.15) is 0 Å². The third-order valence-corrected chi connectivity index (χ3v) is 2.94. The summed E-state index contributed by atoms with van der Waals surface area (Å²) in [4.78, 5) is 64.5. The molecule has 0 aromatic rings. The number of aliphatic carboxylic acids is 2. The van der Waals surface area contributed by atoms with E-state index >= 15 is 0 Å². The zero-order valence-corrected chi connectivity index (χ0v) is 15.0. The van der Waals surface area contributed by atoms with Crippen molar-refractivity contribution in [3.8, 4) is 0 Å². The lowest BCUT2D eigenvalue weighted by Crippen LogP contribution is -2.17. The molecule has 12 nitrogen and oxygen atoms in total. The highest BCUT2D eigenvalue weighted by atomic mass is 16.6. The number of carboxylic acids is 2. The van der Waals surface area contributed by atoms with E-state index in [4.69, 9.17) is 29.2 Å². The molecule has 0 unspecified atom stereocenters. The second-order valence-electron chi connectivity index (χ2n) is 5.12. The number of hydrogen-bond donors (Lipinski definition) is 2. The maximum absolute atomic E-state index is 11.2. The SMILES string of the molecule is O=C(CCC(=O)C(=O)O)OCCOCCOCCOC(=O)CCC(=O)C(=O)O. The second kappa shape index (κ2) is 15.2. The van der Waals surface area contributed by atoms with Gasteiger partial charge in [0.1, 0.15) is 13.2 Å². The average Bonchev–Trinajstić information content (AvgIpc) is 2.65. The Labute approximate surface area is 159 Å². The summed E-state index contributed by atoms with van der Waals surface area (Å²) < 4.78 is 19.7. The van der Waals surface area contributed by atoms with Crippen molar-refractivity contribution in [2.24, 2.45) is 0 Å². The number of carboxylic acid groups (broad SMARTS) is 2. The van der Waals surface area contributed by atoms with Crippen LogP contribution < -0.4 is 0 Å². The van der Waals surface area contributed by atoms with Crippen LogP contribution in [0.4, 0.5) is 0 Å². The van der Waals surface area contributed by atoms with Crippen LogP contribution in [0.2, 0.25) is 0 Å². The molecule has 0 bridgehead atoms. The Morgan fingerprint density at radius 2 is 0.821 bits per heavy atom. The van der Waals surface area contributed by atoms with Crippen LogP contribution >= 0.6 is 0 Å². The second-order valence-corrected chi connectivity index (χ2v) is 5.12. The van der Waals surface area contributed by atoms with E-state index in [2.05, 4.69) is 0 Å². The summed E-state index contributed by atoms with van der Waals surface area (Å²) in [5, 5.41) is 16.7. The molecule has 0 aliphatic carbocycles. The lowest BCUT2D eigenvalue weighted by Gasteiger charge is -2.07. The first-order valence-corrected chi connectivity index (χ1v) is 8.23. The molecule has 0 aliphatic heterocycles. The zero-order valence-electron chi connectivity index (χ0n) is 15.0. The summed E-state index contributed by atoms with van der Waals surface area (Å²) in [6.45, 7) is 0.384. The van der Waals surface area contributed by atoms with Crippen LogP contribution in [0, 0.1) is 0 Å². The van der Waals surface area contributed by atoms with Crippen LogP contribution in [0.5, 0.6) is 0 Å². The van der Waals surface area contributed by atoms with Crippen molar-refractivity contribution >= 4 is 35.4 Å². The van der Waals surface area contributed by atoms with Crippen LogP contribution in [0.25, 0.3) is 0 Å². The zero-order chi connectivity index (χ0) is 21.4. The van der Waals surface area contributed by atoms with Crippen molar-refractivity contribution in [3.05, 3.63) is 0 Å². The smallest absolute Gasteiger partial charge is 0.372 e. The van der Waals surface area contributed by atoms with Crippen molar-refractivity contribution in [1.82, 2.24) is 0 Å². The molecule has 0 saturated carbocycles. The van der Waals surface area contributed by atoms with E-state index in [9.17, 15) is 28.8 Å². The number of Topliss-reactive ketones (excluding diaryl/α,β-unsaturated/α-hetero) is 2. The number of esters is 2. The fourth-order valence-electron chi connectivity index (χ4n) is 1.54. The molecule has 0 fully saturated rings. The van der Waals surface area contributed by atoms with E-state index < -0.39 is 48.3 Å². The van der Waals surface area contributed by atoms with Crippen molar-refractivity contribution in [2.75, 3.05) is 39.6 Å². The summed E-state index contributed by atoms with van der Waals surface area (Å²) in [5.74, 6) is -6.74. The third kappa shape index (κ3) is 14.3. The van der Waals surface area contributed by atoms with Gasteiger partial charge in [-0.05, 0) is 0 Å². The Balaban J connectivity index is 3.44. The van der Waals surface area contributed by atoms with Gasteiger partial charge in [-0.15, -0.1) is 0 Å². The molecule has 0 rings (SSSR count). The van der Waals surface area contributed by atoms with Gasteiger partial charge in [0.25, 0.3) is 0 Å². The molecule has 0 aliphatic rings. The van der Waals surface area contributed by atoms with E-state index in [0.29, 0.717) is 0 Å². The number of ether oxygens (including phenoxy) is 4. The van der Waals surface area contributed by atoms with Gasteiger partial charge in [0.05, 0.1) is 39.3 Å². The highest BCUT2D eigenvalue weighted by Gasteiger charge is 2.15. The maximum atomic E-state index is 11.2. The number of hydrogen-bond acceptors (Lipinski definition) is 10. The average molecular weight is 406 g/mol. The van der Waals surface area contributed by atoms with Gasteiger partial charge in [0.2, 0.25) is 11.6 Å². The molecule has 28 heavy (non-hydrogen) atoms. The Bertz CT molecular complexity index is 518. The number of rotatable bonds is 17. The minimum absolute atomic E-state index is 0.0627. The Hall–Kier alpha value is -2.86. The van der Waals surface area contributed by atoms with Gasteiger partial charge < -0.3 is 29.2 Å². The van der Waals surface area contributed by atoms with Gasteiger partial charge >= 0.3 is 23.9 Å². The van der Waals surface area contributed by atoms with Crippen molar-refractivity contribution < 1.29 is 57.9 Å². The first-order valence-electron chi connectivity index (χ1n) is 8.23. The Kier molecular flexibility index (Phi) is 13.7. The minimum Gasteiger partial charge on any atom is -0.476 e. The maximum Gasteiger partial charge on any atom is 0.372 e. The van der Waals surface area contributed by atoms with E-state index in [1.54, 1.807) is 0 Å². The molecule has 0 heterocycles. The molecule has 12 heteroatoms. The van der Waals surface area contributed by atoms with Gasteiger partial charge in [0.15, 0.2) is 0 Å². The number of carbonyl (C=O) groups excluding carboxylic acids is 4. The van der Waals surface area contributed by atoms with E-state index in [1.165, 1.54) is 0 Å². The van der Waals surface area contributed by atoms with Crippen molar-refractivity contribution in [3.63, 3.8) is 0 Å². The summed E-state index contributed by atoms with van der Waals surface area (Å²) in [5.41, 5.74) is 0. The van der Waals surface area contributed by atoms with E-state index in [1.807, 2.05) is 0 Å². The van der Waals surface area contributed by atoms with Crippen LogP contribution in [-0.2, 0) is 47.7 Å². The Morgan fingerprint density at radius 3 is 1.14 bits per heavy atom. The highest BCUT2D eigenvalue weighted by molar-refractivity contribution is 6.33. The van der Waals surface area contributed by atoms with Gasteiger partial charge in [0, 0.05) is 12.8 Å². The van der Waals surface area contributed by atoms with Gasteiger partial charge in [-0.1, -0.05) is 0 Å². The van der Waals surface area contributed by atoms with Crippen molar-refractivity contribution in [1.29, 1.82) is 0 Å². The van der Waals surface area contributed by atoms with Crippen LogP contribution in [0.3, 0.4) is 0 Å². The molecule has 0 radical (unpaired) electrons. The van der Waals surface area contributed by atoms with Crippen LogP contribution in [-0.4, -0.2) is 85.3 Å². The molecule has 0 atom stereocenters. The standard InChI is InChI=1S/C16H22O12/c17-11(15(21)22)1-3-13(19)27-9-7-25-5-6-26-8-10-28-14(20)4-2-12(18)16(23)24/h1-10H2,(H,21,22)(H,23,24). The topological polar surface area (TPSA) is 180 Å². The predicted molar refractivity (Wildman–Crippen MR) is 87.3 cm³/mol. The summed E-state index contributed by atoms with van der Waals surface area (Å²) in [6.07, 6.45) is -1.50. The number of ketones is 2. The largest absolute Gasteiger partial charge is 0.476 e. The molecular weight excluding hydrogens is 384 g/mol. The lowest BCUT2D eigenvalue weighted by molar-refractivity contribution is -0.152. The fraction of sp³-hybridized carbons (Fsp3) is 0.625. The molecular formula is C16H22O12. The van der Waals surface area contributed by atoms with Crippen LogP contribution in [0.15, 0.2) is 0 Å². The highest BCUT2D eigenvalue weighted by Crippen LogP contribution is 1.96. The van der Waals surface area contributed by atoms with Gasteiger partial charge in [-0.3, -0.25) is 19.2 Å². The monoisotopic (exact) mass is 406 g/mol. The third-order valence-electron chi connectivity index (χ3n) is 2.94. The normalized spacial score (nSPS) is 10.1. The molecule has 2 N–H and O–H groups in total. The number of carbonyl (C=O) groups is 6. The molecule has 0 saturated heterocycles. The summed E-state index contributed by atoms with van der Waals surface area (Å²) in [6, 6.07) is 0. The molecule has 0 aromatic heterocycles. The van der Waals surface area contributed by atoms with Gasteiger partial charge in [-0.25, -0.2) is 9.59 Å². The summed E-state index contributed by atoms with van der Waals surface area (Å²) in [7, 11) is 0. The molecule has 0 amide bonds. The first kappa shape index (κ1) is 25.1. The van der Waals surface area contributed by atoms with Crippen molar-refractivity contribution in [2.45, 2.75) is 25.7 Å². The van der Waals surface area contributed by atoms with E-state index in [0.717, 1.165) is 0 Å². The minimum atomic E-state index is -1.60. The molecule has 0 aromatic carbocycles.